The van der Waals surface area contributed by atoms with Gasteiger partial charge in [0.15, 0.2) is 0 Å². The van der Waals surface area contributed by atoms with Crippen LogP contribution >= 0.6 is 0 Å². The first-order valence-corrected chi connectivity index (χ1v) is 12.8. The summed E-state index contributed by atoms with van der Waals surface area (Å²) in [6.07, 6.45) is 3.75. The Morgan fingerprint density at radius 2 is 1.89 bits per heavy atom. The predicted molar refractivity (Wildman–Crippen MR) is 135 cm³/mol. The van der Waals surface area contributed by atoms with Crippen LogP contribution in [0.1, 0.15) is 44.3 Å². The Morgan fingerprint density at radius 3 is 2.50 bits per heavy atom. The van der Waals surface area contributed by atoms with Crippen LogP contribution in [0.2, 0.25) is 0 Å². The van der Waals surface area contributed by atoms with E-state index < -0.39 is 23.9 Å². The number of carbonyl (C=O) groups excluding carboxylic acids is 2. The molecule has 2 bridgehead atoms. The first-order valence-electron chi connectivity index (χ1n) is 12.8. The van der Waals surface area contributed by atoms with Crippen molar-refractivity contribution in [1.29, 1.82) is 0 Å². The van der Waals surface area contributed by atoms with Crippen molar-refractivity contribution in [2.45, 2.75) is 57.3 Å². The number of hydrogen-bond donors (Lipinski definition) is 3. The molecule has 0 radical (unpaired) electrons. The molecule has 3 N–H and O–H groups in total. The maximum absolute atomic E-state index is 13.7. The molecule has 0 unspecified atom stereocenters. The Morgan fingerprint density at radius 1 is 1.14 bits per heavy atom. The van der Waals surface area contributed by atoms with E-state index in [1.165, 1.54) is 0 Å². The number of methoxy groups -OCH3 is 1. The summed E-state index contributed by atoms with van der Waals surface area (Å²) in [5, 5.41) is 16.5. The number of aromatic nitrogens is 1. The zero-order valence-corrected chi connectivity index (χ0v) is 20.8. The molecule has 1 aromatic carbocycles. The van der Waals surface area contributed by atoms with E-state index in [4.69, 9.17) is 4.74 Å². The minimum atomic E-state index is -0.632. The monoisotopic (exact) mass is 494 g/mol. The van der Waals surface area contributed by atoms with Gasteiger partial charge in [-0.05, 0) is 55.5 Å². The van der Waals surface area contributed by atoms with Gasteiger partial charge in [0.1, 0.15) is 5.75 Å². The standard InChI is InChI=1S/C27H34N4O5/c1-3-13-28-27(35)31-22-14-30-21(12-11-19(26(30)34)16-7-9-18(36-2)10-8-16)24(31)23(20(22)15-32)25(33)29-17-5-4-6-17/h7-12,17,20,22-24,32H,3-6,13-15H2,1-2H3,(H,28,35)(H,29,33)/t20-,22-,23+,24+/m1/s1. The van der Waals surface area contributed by atoms with Gasteiger partial charge in [-0.2, -0.15) is 0 Å². The molecule has 2 aliphatic heterocycles. The largest absolute Gasteiger partial charge is 0.497 e. The molecule has 1 aliphatic carbocycles. The number of pyridine rings is 1. The molecule has 3 heterocycles. The number of ether oxygens (including phenoxy) is 1. The lowest BCUT2D eigenvalue weighted by Crippen LogP contribution is -2.52. The number of amides is 3. The Hall–Kier alpha value is -3.33. The summed E-state index contributed by atoms with van der Waals surface area (Å²) in [5.41, 5.74) is 1.77. The summed E-state index contributed by atoms with van der Waals surface area (Å²) >= 11 is 0. The van der Waals surface area contributed by atoms with Crippen molar-refractivity contribution in [2.75, 3.05) is 20.3 Å². The number of benzene rings is 1. The molecule has 4 atom stereocenters. The number of carbonyl (C=O) groups is 2. The minimum Gasteiger partial charge on any atom is -0.497 e. The van der Waals surface area contributed by atoms with Crippen molar-refractivity contribution < 1.29 is 19.4 Å². The van der Waals surface area contributed by atoms with Gasteiger partial charge in [0, 0.05) is 42.9 Å². The molecule has 1 saturated carbocycles. The van der Waals surface area contributed by atoms with Gasteiger partial charge in [0.05, 0.1) is 25.1 Å². The summed E-state index contributed by atoms with van der Waals surface area (Å²) in [6.45, 7) is 2.48. The third kappa shape index (κ3) is 4.05. The first-order chi connectivity index (χ1) is 17.5. The van der Waals surface area contributed by atoms with E-state index in [1.54, 1.807) is 22.6 Å². The number of fused-ring (bicyclic) bond motifs is 4. The fourth-order valence-electron chi connectivity index (χ4n) is 5.85. The van der Waals surface area contributed by atoms with Gasteiger partial charge >= 0.3 is 6.03 Å². The highest BCUT2D eigenvalue weighted by Crippen LogP contribution is 2.48. The average molecular weight is 495 g/mol. The molecule has 192 valence electrons. The Balaban J connectivity index is 1.57. The quantitative estimate of drug-likeness (QED) is 0.547. The van der Waals surface area contributed by atoms with Crippen LogP contribution in [0.25, 0.3) is 11.1 Å². The number of hydrogen-bond acceptors (Lipinski definition) is 5. The first kappa shape index (κ1) is 24.4. The molecule has 1 aromatic heterocycles. The molecule has 9 nitrogen and oxygen atoms in total. The summed E-state index contributed by atoms with van der Waals surface area (Å²) in [5.74, 6) is -0.548. The third-order valence-electron chi connectivity index (χ3n) is 7.96. The highest BCUT2D eigenvalue weighted by molar-refractivity contribution is 5.84. The smallest absolute Gasteiger partial charge is 0.318 e. The Labute approximate surface area is 210 Å². The summed E-state index contributed by atoms with van der Waals surface area (Å²) in [4.78, 5) is 42.2. The Kier molecular flexibility index (Phi) is 6.75. The zero-order valence-electron chi connectivity index (χ0n) is 20.8. The van der Waals surface area contributed by atoms with Gasteiger partial charge in [-0.25, -0.2) is 4.79 Å². The van der Waals surface area contributed by atoms with Crippen molar-refractivity contribution in [3.63, 3.8) is 0 Å². The lowest BCUT2D eigenvalue weighted by molar-refractivity contribution is -0.128. The van der Waals surface area contributed by atoms with Gasteiger partial charge in [-0.3, -0.25) is 9.59 Å². The molecule has 3 amide bonds. The van der Waals surface area contributed by atoms with E-state index in [0.717, 1.165) is 31.2 Å². The second kappa shape index (κ2) is 9.97. The van der Waals surface area contributed by atoms with Crippen molar-refractivity contribution in [3.8, 4) is 16.9 Å². The van der Waals surface area contributed by atoms with Crippen LogP contribution in [0.5, 0.6) is 5.75 Å². The van der Waals surface area contributed by atoms with Gasteiger partial charge < -0.3 is 29.9 Å². The highest BCUT2D eigenvalue weighted by Gasteiger charge is 2.57. The second-order valence-electron chi connectivity index (χ2n) is 9.98. The van der Waals surface area contributed by atoms with Gasteiger partial charge in [-0.1, -0.05) is 19.1 Å². The number of nitrogens with zero attached hydrogens (tertiary/aromatic N) is 2. The highest BCUT2D eigenvalue weighted by atomic mass is 16.5. The maximum Gasteiger partial charge on any atom is 0.318 e. The molecule has 36 heavy (non-hydrogen) atoms. The van der Waals surface area contributed by atoms with E-state index in [-0.39, 0.29) is 36.7 Å². The topological polar surface area (TPSA) is 113 Å². The fourth-order valence-corrected chi connectivity index (χ4v) is 5.85. The van der Waals surface area contributed by atoms with Gasteiger partial charge in [0.25, 0.3) is 5.56 Å². The average Bonchev–Trinajstić information content (AvgIpc) is 3.11. The predicted octanol–water partition coefficient (Wildman–Crippen LogP) is 2.28. The minimum absolute atomic E-state index is 0.138. The van der Waals surface area contributed by atoms with Crippen LogP contribution in [-0.4, -0.2) is 58.9 Å². The van der Waals surface area contributed by atoms with Crippen molar-refractivity contribution in [1.82, 2.24) is 20.1 Å². The molecular formula is C27H34N4O5. The van der Waals surface area contributed by atoms with Crippen molar-refractivity contribution >= 4 is 11.9 Å². The summed E-state index contributed by atoms with van der Waals surface area (Å²) in [7, 11) is 1.59. The number of nitrogens with one attached hydrogen (secondary N) is 2. The molecule has 9 heteroatoms. The maximum atomic E-state index is 13.7. The summed E-state index contributed by atoms with van der Waals surface area (Å²) in [6, 6.07) is 9.71. The lowest BCUT2D eigenvalue weighted by atomic mass is 9.85. The molecular weight excluding hydrogens is 460 g/mol. The van der Waals surface area contributed by atoms with Crippen LogP contribution in [0.3, 0.4) is 0 Å². The molecule has 5 rings (SSSR count). The number of rotatable bonds is 7. The van der Waals surface area contributed by atoms with Crippen LogP contribution in [-0.2, 0) is 11.3 Å². The normalized spacial score (nSPS) is 24.6. The lowest BCUT2D eigenvalue weighted by Gasteiger charge is -2.38. The number of urea groups is 1. The van der Waals surface area contributed by atoms with Crippen LogP contribution in [0.15, 0.2) is 41.2 Å². The number of aliphatic hydroxyl groups excluding tert-OH is 1. The van der Waals surface area contributed by atoms with E-state index in [2.05, 4.69) is 10.6 Å². The summed E-state index contributed by atoms with van der Waals surface area (Å²) < 4.78 is 6.93. The van der Waals surface area contributed by atoms with E-state index in [9.17, 15) is 19.5 Å². The molecule has 3 aliphatic rings. The van der Waals surface area contributed by atoms with Crippen LogP contribution < -0.4 is 20.9 Å². The number of aliphatic hydroxyl groups is 1. The van der Waals surface area contributed by atoms with E-state index in [0.29, 0.717) is 23.6 Å². The van der Waals surface area contributed by atoms with Crippen molar-refractivity contribution in [3.05, 3.63) is 52.4 Å². The zero-order chi connectivity index (χ0) is 25.4. The van der Waals surface area contributed by atoms with Crippen LogP contribution in [0.4, 0.5) is 4.79 Å². The molecule has 0 spiro atoms. The fraction of sp³-hybridized carbons (Fsp3) is 0.519. The van der Waals surface area contributed by atoms with Crippen LogP contribution in [0, 0.1) is 11.8 Å². The van der Waals surface area contributed by atoms with Crippen molar-refractivity contribution in [2.24, 2.45) is 11.8 Å². The third-order valence-corrected chi connectivity index (χ3v) is 7.96. The molecule has 2 fully saturated rings. The molecule has 1 saturated heterocycles. The molecule has 2 aromatic rings. The van der Waals surface area contributed by atoms with Gasteiger partial charge in [0.2, 0.25) is 5.91 Å². The van der Waals surface area contributed by atoms with Gasteiger partial charge in [-0.15, -0.1) is 0 Å². The van der Waals surface area contributed by atoms with E-state index in [1.807, 2.05) is 37.3 Å². The second-order valence-corrected chi connectivity index (χ2v) is 9.98. The van der Waals surface area contributed by atoms with E-state index >= 15 is 0 Å². The Bertz CT molecular complexity index is 1190. The SMILES string of the molecule is CCCNC(=O)N1[C@@H]2Cn3c(ccc(-c4ccc(OC)cc4)c3=O)[C@H]1[C@@H](C(=O)NC1CCC1)[C@@H]2CO.